The van der Waals surface area contributed by atoms with Crippen LogP contribution in [0.15, 0.2) is 12.4 Å². The first-order valence-corrected chi connectivity index (χ1v) is 4.97. The average molecular weight is 229 g/mol. The molecular formula is C9H13ClN4O. The van der Waals surface area contributed by atoms with Crippen molar-refractivity contribution in [2.45, 2.75) is 6.92 Å². The van der Waals surface area contributed by atoms with Crippen LogP contribution >= 0.6 is 11.6 Å². The fraction of sp³-hybridized carbons (Fsp3) is 0.444. The lowest BCUT2D eigenvalue weighted by atomic mass is 10.5. The van der Waals surface area contributed by atoms with Gasteiger partial charge in [0.2, 0.25) is 5.91 Å². The van der Waals surface area contributed by atoms with Crippen LogP contribution in [0, 0.1) is 0 Å². The predicted octanol–water partition coefficient (Wildman–Crippen LogP) is 1.02. The van der Waals surface area contributed by atoms with Crippen LogP contribution in [0.3, 0.4) is 0 Å². The summed E-state index contributed by atoms with van der Waals surface area (Å²) in [6.45, 7) is 2.75. The smallest absolute Gasteiger partial charge is 0.241 e. The van der Waals surface area contributed by atoms with Gasteiger partial charge in [-0.2, -0.15) is 0 Å². The topological polar surface area (TPSA) is 58.1 Å². The van der Waals surface area contributed by atoms with Gasteiger partial charge in [0.25, 0.3) is 0 Å². The Morgan fingerprint density at radius 1 is 1.53 bits per heavy atom. The largest absolute Gasteiger partial charge is 0.358 e. The lowest BCUT2D eigenvalue weighted by Crippen LogP contribution is -2.32. The number of hydrogen-bond donors (Lipinski definition) is 1. The fourth-order valence-electron chi connectivity index (χ4n) is 0.910. The summed E-state index contributed by atoms with van der Waals surface area (Å²) >= 11 is 5.76. The molecule has 0 saturated heterocycles. The van der Waals surface area contributed by atoms with Crippen LogP contribution in [-0.2, 0) is 4.79 Å². The highest BCUT2D eigenvalue weighted by Crippen LogP contribution is 2.13. The van der Waals surface area contributed by atoms with Crippen molar-refractivity contribution in [3.8, 4) is 0 Å². The number of likely N-dealkylation sites (N-methyl/N-ethyl adjacent to an activating group) is 1. The van der Waals surface area contributed by atoms with E-state index in [1.165, 1.54) is 12.4 Å². The van der Waals surface area contributed by atoms with E-state index in [0.29, 0.717) is 12.4 Å². The number of carbonyl (C=O) groups excluding carboxylic acids is 1. The highest BCUT2D eigenvalue weighted by Gasteiger charge is 2.07. The van der Waals surface area contributed by atoms with E-state index in [0.717, 1.165) is 0 Å². The van der Waals surface area contributed by atoms with Crippen LogP contribution in [-0.4, -0.2) is 40.9 Å². The number of amides is 1. The molecule has 0 aliphatic heterocycles. The molecule has 0 aliphatic carbocycles. The molecule has 0 unspecified atom stereocenters. The summed E-state index contributed by atoms with van der Waals surface area (Å²) in [6, 6.07) is 0. The second kappa shape index (κ2) is 5.50. The zero-order valence-electron chi connectivity index (χ0n) is 8.70. The van der Waals surface area contributed by atoms with Crippen molar-refractivity contribution in [3.05, 3.63) is 17.5 Å². The Bertz CT molecular complexity index is 345. The van der Waals surface area contributed by atoms with E-state index in [9.17, 15) is 4.79 Å². The average Bonchev–Trinajstić information content (AvgIpc) is 2.26. The first-order valence-electron chi connectivity index (χ1n) is 4.59. The lowest BCUT2D eigenvalue weighted by Gasteiger charge is -2.14. The van der Waals surface area contributed by atoms with Crippen LogP contribution < -0.4 is 5.32 Å². The van der Waals surface area contributed by atoms with Crippen molar-refractivity contribution in [1.82, 2.24) is 14.9 Å². The van der Waals surface area contributed by atoms with Crippen molar-refractivity contribution in [3.63, 3.8) is 0 Å². The highest BCUT2D eigenvalue weighted by atomic mass is 35.5. The SMILES string of the molecule is CCN(C)C(=O)CNc1nccnc1Cl. The molecule has 1 aromatic rings. The van der Waals surface area contributed by atoms with E-state index in [-0.39, 0.29) is 17.6 Å². The first-order chi connectivity index (χ1) is 7.15. The monoisotopic (exact) mass is 228 g/mol. The zero-order chi connectivity index (χ0) is 11.3. The zero-order valence-corrected chi connectivity index (χ0v) is 9.45. The van der Waals surface area contributed by atoms with Gasteiger partial charge in [-0.25, -0.2) is 9.97 Å². The molecule has 82 valence electrons. The minimum atomic E-state index is -0.0146. The molecule has 0 spiro atoms. The molecule has 6 heteroatoms. The van der Waals surface area contributed by atoms with Gasteiger partial charge in [0, 0.05) is 26.0 Å². The van der Waals surface area contributed by atoms with Crippen LogP contribution in [0.25, 0.3) is 0 Å². The van der Waals surface area contributed by atoms with E-state index in [1.807, 2.05) is 6.92 Å². The van der Waals surface area contributed by atoms with Gasteiger partial charge in [-0.3, -0.25) is 4.79 Å². The quantitative estimate of drug-likeness (QED) is 0.836. The number of nitrogens with zero attached hydrogens (tertiary/aromatic N) is 3. The maximum absolute atomic E-state index is 11.4. The number of nitrogens with one attached hydrogen (secondary N) is 1. The summed E-state index contributed by atoms with van der Waals surface area (Å²) in [6.07, 6.45) is 3.01. The van der Waals surface area contributed by atoms with Gasteiger partial charge < -0.3 is 10.2 Å². The summed E-state index contributed by atoms with van der Waals surface area (Å²) in [7, 11) is 1.74. The van der Waals surface area contributed by atoms with Gasteiger partial charge in [0.15, 0.2) is 11.0 Å². The third-order valence-electron chi connectivity index (χ3n) is 1.96. The van der Waals surface area contributed by atoms with Gasteiger partial charge in [0.05, 0.1) is 6.54 Å². The van der Waals surface area contributed by atoms with Gasteiger partial charge in [-0.15, -0.1) is 0 Å². The van der Waals surface area contributed by atoms with Crippen LogP contribution in [0.4, 0.5) is 5.82 Å². The van der Waals surface area contributed by atoms with Crippen molar-refractivity contribution in [2.75, 3.05) is 25.5 Å². The van der Waals surface area contributed by atoms with Gasteiger partial charge in [-0.05, 0) is 6.92 Å². The van der Waals surface area contributed by atoms with E-state index in [2.05, 4.69) is 15.3 Å². The van der Waals surface area contributed by atoms with E-state index in [4.69, 9.17) is 11.6 Å². The number of aromatic nitrogens is 2. The minimum absolute atomic E-state index is 0.0146. The van der Waals surface area contributed by atoms with Gasteiger partial charge in [0.1, 0.15) is 0 Å². The fourth-order valence-corrected chi connectivity index (χ4v) is 1.08. The number of carbonyl (C=O) groups is 1. The molecule has 0 radical (unpaired) electrons. The Morgan fingerprint density at radius 2 is 2.20 bits per heavy atom. The molecule has 1 aromatic heterocycles. The molecule has 0 fully saturated rings. The highest BCUT2D eigenvalue weighted by molar-refractivity contribution is 6.31. The summed E-state index contributed by atoms with van der Waals surface area (Å²) < 4.78 is 0. The molecule has 1 amide bonds. The third-order valence-corrected chi connectivity index (χ3v) is 2.24. The summed E-state index contributed by atoms with van der Waals surface area (Å²) in [4.78, 5) is 20.8. The van der Waals surface area contributed by atoms with Crippen molar-refractivity contribution in [1.29, 1.82) is 0 Å². The standard InChI is InChI=1S/C9H13ClN4O/c1-3-14(2)7(15)6-13-9-8(10)11-4-5-12-9/h4-5H,3,6H2,1-2H3,(H,12,13). The summed E-state index contributed by atoms with van der Waals surface area (Å²) in [5, 5.41) is 3.10. The second-order valence-corrected chi connectivity index (χ2v) is 3.32. The maximum atomic E-state index is 11.4. The van der Waals surface area contributed by atoms with E-state index >= 15 is 0 Å². The minimum Gasteiger partial charge on any atom is -0.358 e. The second-order valence-electron chi connectivity index (χ2n) is 2.96. The first kappa shape index (κ1) is 11.7. The number of hydrogen-bond acceptors (Lipinski definition) is 4. The predicted molar refractivity (Wildman–Crippen MR) is 58.8 cm³/mol. The Kier molecular flexibility index (Phi) is 4.30. The van der Waals surface area contributed by atoms with Gasteiger partial charge in [-0.1, -0.05) is 11.6 Å². The normalized spacial score (nSPS) is 9.80. The number of rotatable bonds is 4. The summed E-state index contributed by atoms with van der Waals surface area (Å²) in [5.74, 6) is 0.413. The molecular weight excluding hydrogens is 216 g/mol. The number of halogens is 1. The van der Waals surface area contributed by atoms with Gasteiger partial charge >= 0.3 is 0 Å². The number of anilines is 1. The Balaban J connectivity index is 2.51. The van der Waals surface area contributed by atoms with Crippen LogP contribution in [0.2, 0.25) is 5.15 Å². The van der Waals surface area contributed by atoms with E-state index in [1.54, 1.807) is 11.9 Å². The Morgan fingerprint density at radius 3 is 2.80 bits per heavy atom. The molecule has 5 nitrogen and oxygen atoms in total. The molecule has 0 aliphatic rings. The molecule has 0 bridgehead atoms. The van der Waals surface area contributed by atoms with Crippen molar-refractivity contribution in [2.24, 2.45) is 0 Å². The molecule has 0 saturated carbocycles. The Labute approximate surface area is 93.5 Å². The molecule has 1 rings (SSSR count). The van der Waals surface area contributed by atoms with Crippen LogP contribution in [0.1, 0.15) is 6.92 Å². The van der Waals surface area contributed by atoms with Crippen molar-refractivity contribution >= 4 is 23.3 Å². The van der Waals surface area contributed by atoms with Crippen LogP contribution in [0.5, 0.6) is 0 Å². The maximum Gasteiger partial charge on any atom is 0.241 e. The summed E-state index contributed by atoms with van der Waals surface area (Å²) in [5.41, 5.74) is 0. The van der Waals surface area contributed by atoms with E-state index < -0.39 is 0 Å². The van der Waals surface area contributed by atoms with Crippen molar-refractivity contribution < 1.29 is 4.79 Å². The lowest BCUT2D eigenvalue weighted by molar-refractivity contribution is -0.127. The molecule has 1 N–H and O–H groups in total. The molecule has 1 heterocycles. The molecule has 0 aromatic carbocycles. The third kappa shape index (κ3) is 3.36. The Hall–Kier alpha value is -1.36. The molecule has 15 heavy (non-hydrogen) atoms. The molecule has 0 atom stereocenters.